The molecule has 36 heavy (non-hydrogen) atoms. The molecule has 1 saturated carbocycles. The van der Waals surface area contributed by atoms with E-state index in [1.807, 2.05) is 18.2 Å². The minimum atomic E-state index is -2.71. The average molecular weight is 517 g/mol. The number of hydrogen-bond donors (Lipinski definition) is 0. The second-order valence-electron chi connectivity index (χ2n) is 10.3. The van der Waals surface area contributed by atoms with E-state index in [2.05, 4.69) is 24.6 Å². The normalized spacial score (nSPS) is 19.2. The fraction of sp³-hybridized carbons (Fsp3) is 0.500. The molecule has 10 heteroatoms. The summed E-state index contributed by atoms with van der Waals surface area (Å²) in [5.41, 5.74) is 2.20. The van der Waals surface area contributed by atoms with Crippen LogP contribution in [0, 0.1) is 18.7 Å². The van der Waals surface area contributed by atoms with E-state index in [9.17, 15) is 13.2 Å². The number of aryl methyl sites for hydroxylation is 1. The second kappa shape index (κ2) is 9.03. The van der Waals surface area contributed by atoms with E-state index in [1.54, 1.807) is 17.9 Å². The summed E-state index contributed by atoms with van der Waals surface area (Å²) in [7, 11) is 0. The van der Waals surface area contributed by atoms with Gasteiger partial charge >= 0.3 is 0 Å². The largest absolute Gasteiger partial charge is 0.357 e. The average Bonchev–Trinajstić information content (AvgIpc) is 3.65. The lowest BCUT2D eigenvalue weighted by atomic mass is 9.95. The molecule has 3 aromatic rings. The highest BCUT2D eigenvalue weighted by atomic mass is 35.5. The molecule has 3 aliphatic rings. The fourth-order valence-electron chi connectivity index (χ4n) is 5.47. The molecule has 2 aromatic heterocycles. The van der Waals surface area contributed by atoms with Crippen molar-refractivity contribution in [3.8, 4) is 5.69 Å². The first kappa shape index (κ1) is 23.7. The highest BCUT2D eigenvalue weighted by molar-refractivity contribution is 6.30. The summed E-state index contributed by atoms with van der Waals surface area (Å²) in [5, 5.41) is 9.63. The van der Waals surface area contributed by atoms with Crippen molar-refractivity contribution in [2.45, 2.75) is 57.5 Å². The molecule has 1 aliphatic carbocycles. The third-order valence-electron chi connectivity index (χ3n) is 7.60. The Hall–Kier alpha value is -2.65. The third-order valence-corrected chi connectivity index (χ3v) is 7.83. The SMILES string of the molecule is Cc1nc(N2CCC(c3nnc4n3-c3ccc(Cl)cc3CN(CC(F)(F)C3CC3)C4)CC2)ccc1F. The van der Waals surface area contributed by atoms with E-state index < -0.39 is 11.8 Å². The van der Waals surface area contributed by atoms with Crippen molar-refractivity contribution in [2.24, 2.45) is 5.92 Å². The summed E-state index contributed by atoms with van der Waals surface area (Å²) >= 11 is 6.31. The van der Waals surface area contributed by atoms with Crippen molar-refractivity contribution < 1.29 is 13.2 Å². The molecule has 0 unspecified atom stereocenters. The van der Waals surface area contributed by atoms with Gasteiger partial charge in [-0.25, -0.2) is 18.2 Å². The van der Waals surface area contributed by atoms with Crippen molar-refractivity contribution in [3.05, 3.63) is 64.1 Å². The van der Waals surface area contributed by atoms with E-state index in [0.29, 0.717) is 42.5 Å². The van der Waals surface area contributed by atoms with Gasteiger partial charge in [-0.05, 0) is 68.5 Å². The number of halogens is 4. The Morgan fingerprint density at radius 1 is 1.03 bits per heavy atom. The van der Waals surface area contributed by atoms with Crippen molar-refractivity contribution in [1.82, 2.24) is 24.6 Å². The second-order valence-corrected chi connectivity index (χ2v) is 10.7. The van der Waals surface area contributed by atoms with Gasteiger partial charge in [0.15, 0.2) is 5.82 Å². The monoisotopic (exact) mass is 516 g/mol. The molecule has 190 valence electrons. The Morgan fingerprint density at radius 2 is 1.81 bits per heavy atom. The van der Waals surface area contributed by atoms with Gasteiger partial charge < -0.3 is 4.90 Å². The Labute approximate surface area is 213 Å². The van der Waals surface area contributed by atoms with Gasteiger partial charge in [-0.1, -0.05) is 11.6 Å². The minimum Gasteiger partial charge on any atom is -0.357 e. The summed E-state index contributed by atoms with van der Waals surface area (Å²) in [5.74, 6) is -1.06. The van der Waals surface area contributed by atoms with E-state index in [4.69, 9.17) is 11.6 Å². The number of pyridine rings is 1. The lowest BCUT2D eigenvalue weighted by Crippen LogP contribution is -2.37. The molecule has 2 aliphatic heterocycles. The minimum absolute atomic E-state index is 0.159. The van der Waals surface area contributed by atoms with E-state index in [0.717, 1.165) is 48.8 Å². The molecule has 0 radical (unpaired) electrons. The van der Waals surface area contributed by atoms with Crippen LogP contribution < -0.4 is 4.90 Å². The maximum atomic E-state index is 14.7. The number of aromatic nitrogens is 4. The van der Waals surface area contributed by atoms with Gasteiger partial charge in [-0.15, -0.1) is 10.2 Å². The first-order valence-corrected chi connectivity index (χ1v) is 12.9. The number of benzene rings is 1. The van der Waals surface area contributed by atoms with Gasteiger partial charge in [0.2, 0.25) is 0 Å². The number of hydrogen-bond acceptors (Lipinski definition) is 5. The maximum absolute atomic E-state index is 14.7. The molecular weight excluding hydrogens is 489 g/mol. The van der Waals surface area contributed by atoms with Crippen molar-refractivity contribution >= 4 is 17.4 Å². The number of fused-ring (bicyclic) bond motifs is 3. The van der Waals surface area contributed by atoms with Crippen LogP contribution in [-0.2, 0) is 13.1 Å². The molecule has 0 amide bonds. The molecule has 0 bridgehead atoms. The van der Waals surface area contributed by atoms with Crippen LogP contribution in [0.3, 0.4) is 0 Å². The predicted molar refractivity (Wildman–Crippen MR) is 131 cm³/mol. The van der Waals surface area contributed by atoms with Crippen LogP contribution in [0.25, 0.3) is 5.69 Å². The summed E-state index contributed by atoms with van der Waals surface area (Å²) in [4.78, 5) is 8.34. The summed E-state index contributed by atoms with van der Waals surface area (Å²) < 4.78 is 45.2. The van der Waals surface area contributed by atoms with Crippen LogP contribution in [0.2, 0.25) is 5.02 Å². The number of rotatable bonds is 5. The third kappa shape index (κ3) is 4.47. The lowest BCUT2D eigenvalue weighted by Gasteiger charge is -2.32. The zero-order chi connectivity index (χ0) is 25.0. The molecule has 0 spiro atoms. The zero-order valence-corrected chi connectivity index (χ0v) is 20.9. The molecule has 2 fully saturated rings. The van der Waals surface area contributed by atoms with Gasteiger partial charge in [-0.3, -0.25) is 9.47 Å². The predicted octanol–water partition coefficient (Wildman–Crippen LogP) is 5.51. The maximum Gasteiger partial charge on any atom is 0.263 e. The fourth-order valence-corrected chi connectivity index (χ4v) is 5.67. The standard InChI is InChI=1S/C26H28ClF3N6/c1-16-21(28)5-7-23(31-16)35-10-8-17(9-11-35)25-33-32-24-14-34(15-26(29,30)19-2-3-19)13-18-12-20(27)4-6-22(18)36(24)25/h4-7,12,17,19H,2-3,8-11,13-15H2,1H3. The van der Waals surface area contributed by atoms with E-state index in [1.165, 1.54) is 6.07 Å². The Morgan fingerprint density at radius 3 is 2.53 bits per heavy atom. The van der Waals surface area contributed by atoms with Gasteiger partial charge in [0.1, 0.15) is 17.5 Å². The molecule has 1 saturated heterocycles. The van der Waals surface area contributed by atoms with E-state index >= 15 is 0 Å². The highest BCUT2D eigenvalue weighted by Gasteiger charge is 2.48. The van der Waals surface area contributed by atoms with Crippen molar-refractivity contribution in [3.63, 3.8) is 0 Å². The number of nitrogens with zero attached hydrogens (tertiary/aromatic N) is 6. The molecule has 4 heterocycles. The van der Waals surface area contributed by atoms with Gasteiger partial charge in [-0.2, -0.15) is 0 Å². The quantitative estimate of drug-likeness (QED) is 0.447. The van der Waals surface area contributed by atoms with Gasteiger partial charge in [0, 0.05) is 36.5 Å². The lowest BCUT2D eigenvalue weighted by molar-refractivity contribution is -0.0558. The summed E-state index contributed by atoms with van der Waals surface area (Å²) in [6, 6.07) is 8.81. The highest BCUT2D eigenvalue weighted by Crippen LogP contribution is 2.44. The van der Waals surface area contributed by atoms with Crippen LogP contribution >= 0.6 is 11.6 Å². The van der Waals surface area contributed by atoms with E-state index in [-0.39, 0.29) is 18.3 Å². The molecule has 0 N–H and O–H groups in total. The van der Waals surface area contributed by atoms with Crippen LogP contribution in [0.5, 0.6) is 0 Å². The van der Waals surface area contributed by atoms with Gasteiger partial charge in [0.05, 0.1) is 24.5 Å². The Kier molecular flexibility index (Phi) is 5.95. The summed E-state index contributed by atoms with van der Waals surface area (Å²) in [6.45, 7) is 3.59. The topological polar surface area (TPSA) is 50.1 Å². The Bertz CT molecular complexity index is 1280. The van der Waals surface area contributed by atoms with Gasteiger partial charge in [0.25, 0.3) is 5.92 Å². The Balaban J connectivity index is 1.27. The number of anilines is 1. The number of piperidine rings is 1. The molecule has 0 atom stereocenters. The summed E-state index contributed by atoms with van der Waals surface area (Å²) in [6.07, 6.45) is 2.86. The van der Waals surface area contributed by atoms with Crippen LogP contribution in [0.15, 0.2) is 30.3 Å². The molecule has 1 aromatic carbocycles. The zero-order valence-electron chi connectivity index (χ0n) is 20.1. The van der Waals surface area contributed by atoms with Crippen LogP contribution in [0.1, 0.15) is 54.5 Å². The first-order chi connectivity index (χ1) is 17.3. The molecular formula is C26H28ClF3N6. The van der Waals surface area contributed by atoms with Crippen molar-refractivity contribution in [2.75, 3.05) is 24.5 Å². The molecule has 6 nitrogen and oxygen atoms in total. The van der Waals surface area contributed by atoms with Crippen LogP contribution in [-0.4, -0.2) is 50.2 Å². The first-order valence-electron chi connectivity index (χ1n) is 12.5. The smallest absolute Gasteiger partial charge is 0.263 e. The van der Waals surface area contributed by atoms with Crippen LogP contribution in [0.4, 0.5) is 19.0 Å². The van der Waals surface area contributed by atoms with Crippen molar-refractivity contribution in [1.29, 1.82) is 0 Å². The number of alkyl halides is 2. The molecule has 6 rings (SSSR count).